The van der Waals surface area contributed by atoms with E-state index in [9.17, 15) is 14.7 Å². The lowest BCUT2D eigenvalue weighted by Gasteiger charge is -2.18. The lowest BCUT2D eigenvalue weighted by atomic mass is 10.0. The van der Waals surface area contributed by atoms with Crippen LogP contribution in [-0.2, 0) is 20.9 Å². The van der Waals surface area contributed by atoms with E-state index in [4.69, 9.17) is 9.84 Å². The first kappa shape index (κ1) is 23.2. The van der Waals surface area contributed by atoms with Crippen LogP contribution in [0.5, 0.6) is 0 Å². The predicted molar refractivity (Wildman–Crippen MR) is 115 cm³/mol. The van der Waals surface area contributed by atoms with Gasteiger partial charge in [0.25, 0.3) is 0 Å². The quantitative estimate of drug-likeness (QED) is 0.380. The summed E-state index contributed by atoms with van der Waals surface area (Å²) in [6.07, 6.45) is 1.20. The molecule has 2 rings (SSSR count). The normalized spacial score (nSPS) is 13.1. The summed E-state index contributed by atoms with van der Waals surface area (Å²) in [5.74, 6) is -0.253. The van der Waals surface area contributed by atoms with Gasteiger partial charge in [-0.2, -0.15) is 11.8 Å². The number of aliphatic hydroxyl groups excluding tert-OH is 2. The highest BCUT2D eigenvalue weighted by Gasteiger charge is 2.22. The Balaban J connectivity index is 1.86. The summed E-state index contributed by atoms with van der Waals surface area (Å²) in [5, 5.41) is 26.2. The first-order valence-corrected chi connectivity index (χ1v) is 10.9. The minimum Gasteiger partial charge on any atom is -0.461 e. The number of rotatable bonds is 12. The van der Waals surface area contributed by atoms with Crippen LogP contribution in [-0.4, -0.2) is 66.0 Å². The molecule has 0 aliphatic rings. The number of hydrogen-bond donors (Lipinski definition) is 4. The van der Waals surface area contributed by atoms with Gasteiger partial charge in [0.1, 0.15) is 18.8 Å². The van der Waals surface area contributed by atoms with Crippen molar-refractivity contribution in [3.05, 3.63) is 48.0 Å². The first-order chi connectivity index (χ1) is 14.0. The van der Waals surface area contributed by atoms with Crippen LogP contribution in [0.1, 0.15) is 12.0 Å². The molecule has 0 saturated carbocycles. The van der Waals surface area contributed by atoms with Gasteiger partial charge < -0.3 is 25.6 Å². The van der Waals surface area contributed by atoms with Gasteiger partial charge in [-0.1, -0.05) is 42.5 Å². The number of esters is 1. The van der Waals surface area contributed by atoms with Crippen molar-refractivity contribution in [2.75, 3.05) is 31.8 Å². The van der Waals surface area contributed by atoms with E-state index in [0.29, 0.717) is 18.7 Å². The van der Waals surface area contributed by atoms with Gasteiger partial charge in [-0.3, -0.25) is 4.79 Å². The highest BCUT2D eigenvalue weighted by molar-refractivity contribution is 7.98. The van der Waals surface area contributed by atoms with Crippen LogP contribution in [0.4, 0.5) is 0 Å². The van der Waals surface area contributed by atoms with Crippen molar-refractivity contribution in [2.24, 2.45) is 0 Å². The van der Waals surface area contributed by atoms with Crippen LogP contribution in [0.3, 0.4) is 0 Å². The van der Waals surface area contributed by atoms with Crippen molar-refractivity contribution < 1.29 is 24.5 Å². The minimum atomic E-state index is -1.13. The summed E-state index contributed by atoms with van der Waals surface area (Å²) < 4.78 is 4.98. The molecule has 0 aromatic heterocycles. The number of fused-ring (bicyclic) bond motifs is 1. The van der Waals surface area contributed by atoms with E-state index in [1.807, 2.05) is 48.7 Å². The Kier molecular flexibility index (Phi) is 9.93. The van der Waals surface area contributed by atoms with Crippen LogP contribution in [0.25, 0.3) is 10.8 Å². The Morgan fingerprint density at radius 3 is 2.69 bits per heavy atom. The number of aliphatic hydroxyl groups is 2. The van der Waals surface area contributed by atoms with Gasteiger partial charge in [0, 0.05) is 6.54 Å². The number of nitrogens with one attached hydrogen (secondary N) is 2. The van der Waals surface area contributed by atoms with Gasteiger partial charge in [-0.25, -0.2) is 4.79 Å². The molecule has 0 heterocycles. The Hall–Kier alpha value is -2.13. The third kappa shape index (κ3) is 7.66. The molecule has 0 spiro atoms. The fourth-order valence-corrected chi connectivity index (χ4v) is 3.29. The van der Waals surface area contributed by atoms with E-state index in [1.165, 1.54) is 0 Å². The molecule has 2 aromatic carbocycles. The summed E-state index contributed by atoms with van der Waals surface area (Å²) in [6.45, 7) is -0.212. The van der Waals surface area contributed by atoms with Crippen LogP contribution >= 0.6 is 11.8 Å². The van der Waals surface area contributed by atoms with Crippen molar-refractivity contribution in [3.8, 4) is 0 Å². The first-order valence-electron chi connectivity index (χ1n) is 9.46. The monoisotopic (exact) mass is 420 g/mol. The van der Waals surface area contributed by atoms with Crippen molar-refractivity contribution >= 4 is 34.4 Å². The van der Waals surface area contributed by atoms with Gasteiger partial charge >= 0.3 is 5.97 Å². The Morgan fingerprint density at radius 2 is 1.93 bits per heavy atom. The van der Waals surface area contributed by atoms with Crippen LogP contribution in [0, 0.1) is 0 Å². The van der Waals surface area contributed by atoms with Gasteiger partial charge in [0.2, 0.25) is 5.91 Å². The van der Waals surface area contributed by atoms with Crippen molar-refractivity contribution in [1.29, 1.82) is 0 Å². The smallest absolute Gasteiger partial charge is 0.328 e. The molecule has 1 unspecified atom stereocenters. The third-order valence-corrected chi connectivity index (χ3v) is 4.98. The topological polar surface area (TPSA) is 108 Å². The zero-order chi connectivity index (χ0) is 21.1. The van der Waals surface area contributed by atoms with Gasteiger partial charge in [0.05, 0.1) is 13.2 Å². The average molecular weight is 421 g/mol. The Labute approximate surface area is 174 Å². The van der Waals surface area contributed by atoms with Crippen LogP contribution < -0.4 is 10.6 Å². The molecule has 1 amide bonds. The zero-order valence-electron chi connectivity index (χ0n) is 16.5. The number of thioether (sulfide) groups is 1. The van der Waals surface area contributed by atoms with E-state index < -0.39 is 24.7 Å². The standard InChI is InChI=1S/C21H28N2O5S/c1-29-10-9-19(21(27)28-14-17(25)13-24)23-20(26)12-22-11-16-7-4-6-15-5-2-3-8-18(15)16/h2-8,17,19,22,24-25H,9-14H2,1H3,(H,23,26)/t17?,19-/m0/s1. The highest BCUT2D eigenvalue weighted by Crippen LogP contribution is 2.18. The lowest BCUT2D eigenvalue weighted by molar-refractivity contribution is -0.151. The molecule has 4 N–H and O–H groups in total. The number of carbonyl (C=O) groups is 2. The molecule has 0 aliphatic carbocycles. The van der Waals surface area contributed by atoms with Crippen LogP contribution in [0.2, 0.25) is 0 Å². The van der Waals surface area contributed by atoms with Crippen molar-refractivity contribution in [1.82, 2.24) is 10.6 Å². The maximum absolute atomic E-state index is 12.3. The molecule has 29 heavy (non-hydrogen) atoms. The van der Waals surface area contributed by atoms with Crippen LogP contribution in [0.15, 0.2) is 42.5 Å². The van der Waals surface area contributed by atoms with E-state index in [-0.39, 0.29) is 19.1 Å². The molecular formula is C21H28N2O5S. The second-order valence-electron chi connectivity index (χ2n) is 6.61. The zero-order valence-corrected chi connectivity index (χ0v) is 17.3. The van der Waals surface area contributed by atoms with E-state index >= 15 is 0 Å². The number of amides is 1. The van der Waals surface area contributed by atoms with E-state index in [1.54, 1.807) is 11.8 Å². The van der Waals surface area contributed by atoms with E-state index in [2.05, 4.69) is 10.6 Å². The number of benzene rings is 2. The van der Waals surface area contributed by atoms with Gasteiger partial charge in [-0.15, -0.1) is 0 Å². The van der Waals surface area contributed by atoms with Gasteiger partial charge in [0.15, 0.2) is 0 Å². The summed E-state index contributed by atoms with van der Waals surface area (Å²) in [7, 11) is 0. The fraction of sp³-hybridized carbons (Fsp3) is 0.429. The maximum Gasteiger partial charge on any atom is 0.328 e. The largest absolute Gasteiger partial charge is 0.461 e. The molecule has 7 nitrogen and oxygen atoms in total. The fourth-order valence-electron chi connectivity index (χ4n) is 2.82. The lowest BCUT2D eigenvalue weighted by Crippen LogP contribution is -2.46. The van der Waals surface area contributed by atoms with Crippen molar-refractivity contribution in [3.63, 3.8) is 0 Å². The van der Waals surface area contributed by atoms with Crippen molar-refractivity contribution in [2.45, 2.75) is 25.1 Å². The second-order valence-corrected chi connectivity index (χ2v) is 7.60. The van der Waals surface area contributed by atoms with E-state index in [0.717, 1.165) is 16.3 Å². The summed E-state index contributed by atoms with van der Waals surface area (Å²) in [6, 6.07) is 13.3. The summed E-state index contributed by atoms with van der Waals surface area (Å²) in [5.41, 5.74) is 1.09. The predicted octanol–water partition coefficient (Wildman–Crippen LogP) is 1.06. The third-order valence-electron chi connectivity index (χ3n) is 4.34. The Morgan fingerprint density at radius 1 is 1.17 bits per heavy atom. The Bertz CT molecular complexity index is 796. The molecule has 2 aromatic rings. The summed E-state index contributed by atoms with van der Waals surface area (Å²) >= 11 is 1.56. The highest BCUT2D eigenvalue weighted by atomic mass is 32.2. The molecular weight excluding hydrogens is 392 g/mol. The summed E-state index contributed by atoms with van der Waals surface area (Å²) in [4.78, 5) is 24.5. The van der Waals surface area contributed by atoms with Gasteiger partial charge in [-0.05, 0) is 34.8 Å². The second kappa shape index (κ2) is 12.4. The SMILES string of the molecule is CSCC[C@H](NC(=O)CNCc1cccc2ccccc12)C(=O)OCC(O)CO. The number of ether oxygens (including phenoxy) is 1. The maximum atomic E-state index is 12.3. The number of carbonyl (C=O) groups excluding carboxylic acids is 2. The number of hydrogen-bond acceptors (Lipinski definition) is 7. The molecule has 0 fully saturated rings. The molecule has 0 bridgehead atoms. The molecule has 0 saturated heterocycles. The molecule has 0 radical (unpaired) electrons. The molecule has 158 valence electrons. The average Bonchev–Trinajstić information content (AvgIpc) is 2.74. The molecule has 0 aliphatic heterocycles. The molecule has 8 heteroatoms. The molecule has 2 atom stereocenters. The minimum absolute atomic E-state index is 0.0610.